The minimum absolute atomic E-state index is 0.103. The fourth-order valence-corrected chi connectivity index (χ4v) is 3.28. The zero-order valence-electron chi connectivity index (χ0n) is 18.4. The summed E-state index contributed by atoms with van der Waals surface area (Å²) in [5.41, 5.74) is 5.60. The van der Waals surface area contributed by atoms with E-state index in [1.807, 2.05) is 0 Å². The van der Waals surface area contributed by atoms with Gasteiger partial charge in [-0.05, 0) is 18.8 Å². The first-order valence-corrected chi connectivity index (χ1v) is 11.6. The summed E-state index contributed by atoms with van der Waals surface area (Å²) in [6.45, 7) is 4.99. The van der Waals surface area contributed by atoms with Gasteiger partial charge in [0.05, 0.1) is 6.61 Å². The molecule has 0 aliphatic rings. The Morgan fingerprint density at radius 1 is 0.750 bits per heavy atom. The third-order valence-electron chi connectivity index (χ3n) is 5.14. The Hall–Kier alpha value is -1.10. The van der Waals surface area contributed by atoms with Gasteiger partial charge >= 0.3 is 11.9 Å². The summed E-state index contributed by atoms with van der Waals surface area (Å²) in [6, 6.07) is -0.823. The number of carboxylic acid groups (broad SMARTS) is 1. The van der Waals surface area contributed by atoms with Crippen LogP contribution in [0.15, 0.2) is 0 Å². The van der Waals surface area contributed by atoms with Crippen molar-refractivity contribution in [3.8, 4) is 0 Å². The molecule has 0 amide bonds. The van der Waals surface area contributed by atoms with Gasteiger partial charge in [0.15, 0.2) is 0 Å². The lowest BCUT2D eigenvalue weighted by molar-refractivity contribution is -0.145. The smallest absolute Gasteiger partial charge is 0.322 e. The highest BCUT2D eigenvalue weighted by Gasteiger charge is 2.15. The molecule has 0 aromatic carbocycles. The van der Waals surface area contributed by atoms with Crippen molar-refractivity contribution in [2.75, 3.05) is 6.61 Å². The van der Waals surface area contributed by atoms with Crippen molar-refractivity contribution < 1.29 is 19.4 Å². The molecule has 0 radical (unpaired) electrons. The summed E-state index contributed by atoms with van der Waals surface area (Å²) >= 11 is 0. The van der Waals surface area contributed by atoms with E-state index in [9.17, 15) is 9.59 Å². The van der Waals surface area contributed by atoms with Gasteiger partial charge in [0.2, 0.25) is 0 Å². The number of esters is 1. The van der Waals surface area contributed by atoms with Gasteiger partial charge in [-0.15, -0.1) is 0 Å². The van der Waals surface area contributed by atoms with E-state index < -0.39 is 18.0 Å². The number of carbonyl (C=O) groups is 2. The maximum absolute atomic E-state index is 11.6. The number of hydrogen-bond donors (Lipinski definition) is 2. The lowest BCUT2D eigenvalue weighted by Crippen LogP contribution is -2.33. The molecule has 5 heteroatoms. The summed E-state index contributed by atoms with van der Waals surface area (Å²) in [7, 11) is 0. The van der Waals surface area contributed by atoms with E-state index in [-0.39, 0.29) is 12.8 Å². The molecule has 0 aliphatic carbocycles. The highest BCUT2D eigenvalue weighted by Crippen LogP contribution is 2.14. The highest BCUT2D eigenvalue weighted by atomic mass is 16.5. The average Bonchev–Trinajstić information content (AvgIpc) is 2.65. The number of ether oxygens (including phenoxy) is 1. The van der Waals surface area contributed by atoms with Crippen LogP contribution < -0.4 is 5.73 Å². The summed E-state index contributed by atoms with van der Waals surface area (Å²) in [6.07, 6.45) is 18.1. The van der Waals surface area contributed by atoms with Gasteiger partial charge in [-0.2, -0.15) is 0 Å². The molecule has 0 saturated carbocycles. The van der Waals surface area contributed by atoms with Crippen molar-refractivity contribution >= 4 is 11.9 Å². The molecule has 166 valence electrons. The second-order valence-corrected chi connectivity index (χ2v) is 8.49. The molecule has 3 N–H and O–H groups in total. The van der Waals surface area contributed by atoms with Crippen molar-refractivity contribution in [3.63, 3.8) is 0 Å². The third-order valence-corrected chi connectivity index (χ3v) is 5.14. The number of rotatable bonds is 20. The standard InChI is InChI=1S/C23H45NO4/c1-20(2)16-14-12-10-8-6-4-3-5-7-9-11-13-15-19-28-23(27)21(24)17-18-22(25)26/h20-21H,3-19,24H2,1-2H3,(H,25,26)/t21-/m0/s1. The monoisotopic (exact) mass is 399 g/mol. The molecular weight excluding hydrogens is 354 g/mol. The molecular formula is C23H45NO4. The summed E-state index contributed by atoms with van der Waals surface area (Å²) in [4.78, 5) is 22.0. The number of carboxylic acids is 1. The lowest BCUT2D eigenvalue weighted by Gasteiger charge is -2.10. The van der Waals surface area contributed by atoms with Crippen LogP contribution >= 0.6 is 0 Å². The van der Waals surface area contributed by atoms with Crippen LogP contribution in [0.2, 0.25) is 0 Å². The molecule has 0 spiro atoms. The molecule has 0 saturated heterocycles. The molecule has 1 atom stereocenters. The van der Waals surface area contributed by atoms with Gasteiger partial charge in [0.25, 0.3) is 0 Å². The maximum Gasteiger partial charge on any atom is 0.322 e. The molecule has 0 aromatic rings. The van der Waals surface area contributed by atoms with Crippen molar-refractivity contribution in [2.24, 2.45) is 11.7 Å². The Morgan fingerprint density at radius 3 is 1.61 bits per heavy atom. The number of unbranched alkanes of at least 4 members (excludes halogenated alkanes) is 12. The second-order valence-electron chi connectivity index (χ2n) is 8.49. The molecule has 0 bridgehead atoms. The molecule has 5 nitrogen and oxygen atoms in total. The van der Waals surface area contributed by atoms with E-state index in [4.69, 9.17) is 15.6 Å². The molecule has 0 fully saturated rings. The summed E-state index contributed by atoms with van der Waals surface area (Å²) < 4.78 is 5.10. The lowest BCUT2D eigenvalue weighted by atomic mass is 10.0. The molecule has 0 aromatic heterocycles. The van der Waals surface area contributed by atoms with Crippen molar-refractivity contribution in [2.45, 2.75) is 123 Å². The molecule has 0 rings (SSSR count). The fraction of sp³-hybridized carbons (Fsp3) is 0.913. The predicted molar refractivity (Wildman–Crippen MR) is 115 cm³/mol. The Balaban J connectivity index is 3.23. The first kappa shape index (κ1) is 26.9. The number of hydrogen-bond acceptors (Lipinski definition) is 4. The Labute approximate surface area is 172 Å². The molecule has 0 aliphatic heterocycles. The van der Waals surface area contributed by atoms with Crippen LogP contribution in [0.25, 0.3) is 0 Å². The van der Waals surface area contributed by atoms with Crippen LogP contribution in [0.1, 0.15) is 117 Å². The number of carbonyl (C=O) groups excluding carboxylic acids is 1. The normalized spacial score (nSPS) is 12.3. The molecule has 0 unspecified atom stereocenters. The number of aliphatic carboxylic acids is 1. The van der Waals surface area contributed by atoms with Crippen molar-refractivity contribution in [3.05, 3.63) is 0 Å². The van der Waals surface area contributed by atoms with Gasteiger partial charge < -0.3 is 15.6 Å². The van der Waals surface area contributed by atoms with E-state index in [1.165, 1.54) is 77.0 Å². The van der Waals surface area contributed by atoms with Crippen LogP contribution in [-0.2, 0) is 14.3 Å². The maximum atomic E-state index is 11.6. The third kappa shape index (κ3) is 19.7. The zero-order valence-corrected chi connectivity index (χ0v) is 18.4. The average molecular weight is 400 g/mol. The van der Waals surface area contributed by atoms with Crippen LogP contribution in [-0.4, -0.2) is 29.7 Å². The highest BCUT2D eigenvalue weighted by molar-refractivity contribution is 5.76. The zero-order chi connectivity index (χ0) is 21.0. The quantitative estimate of drug-likeness (QED) is 0.198. The van der Waals surface area contributed by atoms with E-state index >= 15 is 0 Å². The fourth-order valence-electron chi connectivity index (χ4n) is 3.28. The Bertz CT molecular complexity index is 385. The Kier molecular flexibility index (Phi) is 18.5. The van der Waals surface area contributed by atoms with Gasteiger partial charge in [0.1, 0.15) is 6.04 Å². The predicted octanol–water partition coefficient (Wildman–Crippen LogP) is 5.84. The van der Waals surface area contributed by atoms with E-state index in [1.54, 1.807) is 0 Å². The SMILES string of the molecule is CC(C)CCCCCCCCCCCCCCCOC(=O)[C@@H](N)CCC(=O)O. The molecule has 0 heterocycles. The van der Waals surface area contributed by atoms with Gasteiger partial charge in [-0.3, -0.25) is 9.59 Å². The minimum atomic E-state index is -0.944. The second kappa shape index (κ2) is 19.2. The Morgan fingerprint density at radius 2 is 1.18 bits per heavy atom. The van der Waals surface area contributed by atoms with E-state index in [0.717, 1.165) is 18.8 Å². The summed E-state index contributed by atoms with van der Waals surface area (Å²) in [5, 5.41) is 8.57. The van der Waals surface area contributed by atoms with Gasteiger partial charge in [0, 0.05) is 6.42 Å². The van der Waals surface area contributed by atoms with E-state index in [2.05, 4.69) is 13.8 Å². The van der Waals surface area contributed by atoms with Gasteiger partial charge in [-0.1, -0.05) is 97.3 Å². The van der Waals surface area contributed by atoms with Crippen molar-refractivity contribution in [1.82, 2.24) is 0 Å². The van der Waals surface area contributed by atoms with Gasteiger partial charge in [-0.25, -0.2) is 0 Å². The number of nitrogens with two attached hydrogens (primary N) is 1. The first-order chi connectivity index (χ1) is 13.4. The first-order valence-electron chi connectivity index (χ1n) is 11.6. The van der Waals surface area contributed by atoms with Crippen LogP contribution in [0, 0.1) is 5.92 Å². The minimum Gasteiger partial charge on any atom is -0.481 e. The summed E-state index contributed by atoms with van der Waals surface area (Å²) in [5.74, 6) is -0.578. The molecule has 28 heavy (non-hydrogen) atoms. The van der Waals surface area contributed by atoms with Crippen LogP contribution in [0.3, 0.4) is 0 Å². The van der Waals surface area contributed by atoms with Crippen molar-refractivity contribution in [1.29, 1.82) is 0 Å². The largest absolute Gasteiger partial charge is 0.481 e. The van der Waals surface area contributed by atoms with Crippen LogP contribution in [0.4, 0.5) is 0 Å². The topological polar surface area (TPSA) is 89.6 Å². The van der Waals surface area contributed by atoms with E-state index in [0.29, 0.717) is 6.61 Å². The van der Waals surface area contributed by atoms with Crippen LogP contribution in [0.5, 0.6) is 0 Å².